The number of halogens is 1. The van der Waals surface area contributed by atoms with Crippen LogP contribution in [0.3, 0.4) is 0 Å². The van der Waals surface area contributed by atoms with Crippen LogP contribution in [0.1, 0.15) is 38.8 Å². The maximum absolute atomic E-state index is 5.85. The van der Waals surface area contributed by atoms with Crippen LogP contribution in [0.25, 0.3) is 0 Å². The van der Waals surface area contributed by atoms with Crippen molar-refractivity contribution in [1.82, 2.24) is 4.98 Å². The molecule has 0 bridgehead atoms. The summed E-state index contributed by atoms with van der Waals surface area (Å²) in [6.07, 6.45) is 1.89. The number of rotatable bonds is 6. The fourth-order valence-electron chi connectivity index (χ4n) is 2.16. The van der Waals surface area contributed by atoms with Gasteiger partial charge in [0, 0.05) is 25.2 Å². The smallest absolute Gasteiger partial charge is 0.131 e. The van der Waals surface area contributed by atoms with Crippen molar-refractivity contribution in [3.8, 4) is 0 Å². The molecule has 1 aromatic heterocycles. The van der Waals surface area contributed by atoms with E-state index in [0.717, 1.165) is 24.5 Å². The summed E-state index contributed by atoms with van der Waals surface area (Å²) in [4.78, 5) is 6.99. The average molecular weight is 269 g/mol. The van der Waals surface area contributed by atoms with Gasteiger partial charge in [0.1, 0.15) is 5.82 Å². The lowest BCUT2D eigenvalue weighted by atomic mass is 10.1. The third kappa shape index (κ3) is 4.49. The quantitative estimate of drug-likeness (QED) is 0.717. The molecular formula is C15H25ClN2. The molecule has 0 radical (unpaired) electrons. The fraction of sp³-hybridized carbons (Fsp3) is 0.667. The van der Waals surface area contributed by atoms with E-state index < -0.39 is 0 Å². The van der Waals surface area contributed by atoms with Crippen molar-refractivity contribution in [2.24, 2.45) is 11.8 Å². The van der Waals surface area contributed by atoms with Crippen molar-refractivity contribution in [2.45, 2.75) is 40.5 Å². The van der Waals surface area contributed by atoms with Crippen LogP contribution in [-0.2, 0) is 5.88 Å². The predicted octanol–water partition coefficient (Wildman–Crippen LogP) is 4.25. The molecule has 0 spiro atoms. The molecule has 1 rings (SSSR count). The molecule has 3 heteroatoms. The van der Waals surface area contributed by atoms with E-state index in [9.17, 15) is 0 Å². The SMILES string of the molecule is Cc1cc(CCl)cnc1N(CC(C)C)CC(C)C. The van der Waals surface area contributed by atoms with Crippen molar-refractivity contribution in [1.29, 1.82) is 0 Å². The second kappa shape index (κ2) is 6.98. The van der Waals surface area contributed by atoms with Crippen molar-refractivity contribution in [2.75, 3.05) is 18.0 Å². The predicted molar refractivity (Wildman–Crippen MR) is 80.4 cm³/mol. The number of hydrogen-bond donors (Lipinski definition) is 0. The van der Waals surface area contributed by atoms with E-state index in [1.807, 2.05) is 6.20 Å². The number of aromatic nitrogens is 1. The Balaban J connectivity index is 2.96. The highest BCUT2D eigenvalue weighted by Gasteiger charge is 2.14. The van der Waals surface area contributed by atoms with Crippen molar-refractivity contribution in [3.05, 3.63) is 23.4 Å². The maximum Gasteiger partial charge on any atom is 0.131 e. The van der Waals surface area contributed by atoms with Crippen LogP contribution in [0.2, 0.25) is 0 Å². The number of alkyl halides is 1. The van der Waals surface area contributed by atoms with E-state index in [2.05, 4.69) is 50.6 Å². The van der Waals surface area contributed by atoms with Crippen LogP contribution in [0.5, 0.6) is 0 Å². The van der Waals surface area contributed by atoms with Crippen LogP contribution in [0, 0.1) is 18.8 Å². The minimum Gasteiger partial charge on any atom is -0.356 e. The Morgan fingerprint density at radius 1 is 1.17 bits per heavy atom. The van der Waals surface area contributed by atoms with Gasteiger partial charge in [-0.15, -0.1) is 11.6 Å². The Kier molecular flexibility index (Phi) is 5.94. The lowest BCUT2D eigenvalue weighted by Crippen LogP contribution is -2.32. The van der Waals surface area contributed by atoms with Gasteiger partial charge < -0.3 is 4.90 Å². The molecule has 2 nitrogen and oxygen atoms in total. The van der Waals surface area contributed by atoms with E-state index in [0.29, 0.717) is 17.7 Å². The van der Waals surface area contributed by atoms with Gasteiger partial charge in [0.25, 0.3) is 0 Å². The molecule has 0 saturated carbocycles. The third-order valence-corrected chi connectivity index (χ3v) is 3.04. The zero-order chi connectivity index (χ0) is 13.7. The zero-order valence-corrected chi connectivity index (χ0v) is 13.0. The molecule has 0 atom stereocenters. The number of anilines is 1. The Labute approximate surface area is 116 Å². The van der Waals surface area contributed by atoms with E-state index in [1.54, 1.807) is 0 Å². The van der Waals surface area contributed by atoms with Gasteiger partial charge >= 0.3 is 0 Å². The molecule has 0 saturated heterocycles. The van der Waals surface area contributed by atoms with Gasteiger partial charge in [-0.25, -0.2) is 4.98 Å². The summed E-state index contributed by atoms with van der Waals surface area (Å²) in [7, 11) is 0. The Hall–Kier alpha value is -0.760. The third-order valence-electron chi connectivity index (χ3n) is 2.73. The molecular weight excluding hydrogens is 244 g/mol. The number of aryl methyl sites for hydroxylation is 1. The summed E-state index contributed by atoms with van der Waals surface area (Å²) < 4.78 is 0. The normalized spacial score (nSPS) is 11.3. The maximum atomic E-state index is 5.85. The van der Waals surface area contributed by atoms with Gasteiger partial charge in [-0.2, -0.15) is 0 Å². The van der Waals surface area contributed by atoms with Crippen LogP contribution in [0.15, 0.2) is 12.3 Å². The highest BCUT2D eigenvalue weighted by atomic mass is 35.5. The van der Waals surface area contributed by atoms with Crippen molar-refractivity contribution >= 4 is 17.4 Å². The Morgan fingerprint density at radius 3 is 2.11 bits per heavy atom. The first-order chi connectivity index (χ1) is 8.43. The molecule has 0 aromatic carbocycles. The molecule has 0 aliphatic carbocycles. The Bertz CT molecular complexity index is 365. The summed E-state index contributed by atoms with van der Waals surface area (Å²) in [6, 6.07) is 2.14. The minimum atomic E-state index is 0.530. The first kappa shape index (κ1) is 15.3. The summed E-state index contributed by atoms with van der Waals surface area (Å²) in [5.41, 5.74) is 2.31. The highest BCUT2D eigenvalue weighted by Crippen LogP contribution is 2.21. The molecule has 1 aromatic rings. The minimum absolute atomic E-state index is 0.530. The molecule has 18 heavy (non-hydrogen) atoms. The first-order valence-electron chi connectivity index (χ1n) is 6.70. The van der Waals surface area contributed by atoms with Crippen molar-refractivity contribution in [3.63, 3.8) is 0 Å². The van der Waals surface area contributed by atoms with E-state index in [1.165, 1.54) is 5.56 Å². The lowest BCUT2D eigenvalue weighted by molar-refractivity contribution is 0.548. The number of hydrogen-bond acceptors (Lipinski definition) is 2. The standard InChI is InChI=1S/C15H25ClN2/c1-11(2)9-18(10-12(3)4)15-13(5)6-14(7-16)8-17-15/h6,8,11-12H,7,9-10H2,1-5H3. The summed E-state index contributed by atoms with van der Waals surface area (Å²) in [6.45, 7) is 13.2. The molecule has 0 amide bonds. The van der Waals surface area contributed by atoms with Gasteiger partial charge in [-0.1, -0.05) is 27.7 Å². The van der Waals surface area contributed by atoms with Crippen LogP contribution in [0.4, 0.5) is 5.82 Å². The topological polar surface area (TPSA) is 16.1 Å². The number of pyridine rings is 1. The zero-order valence-electron chi connectivity index (χ0n) is 12.2. The second-order valence-corrected chi connectivity index (χ2v) is 6.08. The van der Waals surface area contributed by atoms with E-state index in [4.69, 9.17) is 11.6 Å². The molecule has 0 aliphatic heterocycles. The second-order valence-electron chi connectivity index (χ2n) is 5.81. The lowest BCUT2D eigenvalue weighted by Gasteiger charge is -2.28. The van der Waals surface area contributed by atoms with Gasteiger partial charge in [-0.3, -0.25) is 0 Å². The summed E-state index contributed by atoms with van der Waals surface area (Å²) >= 11 is 5.85. The molecule has 0 fully saturated rings. The van der Waals surface area contributed by atoms with E-state index in [-0.39, 0.29) is 0 Å². The Morgan fingerprint density at radius 2 is 1.72 bits per heavy atom. The number of nitrogens with zero attached hydrogens (tertiary/aromatic N) is 2. The largest absolute Gasteiger partial charge is 0.356 e. The first-order valence-corrected chi connectivity index (χ1v) is 7.24. The summed E-state index contributed by atoms with van der Waals surface area (Å²) in [5, 5.41) is 0. The molecule has 0 unspecified atom stereocenters. The van der Waals surface area contributed by atoms with Gasteiger partial charge in [-0.05, 0) is 36.0 Å². The fourth-order valence-corrected chi connectivity index (χ4v) is 2.31. The van der Waals surface area contributed by atoms with Gasteiger partial charge in [0.2, 0.25) is 0 Å². The van der Waals surface area contributed by atoms with Crippen molar-refractivity contribution < 1.29 is 0 Å². The monoisotopic (exact) mass is 268 g/mol. The van der Waals surface area contributed by atoms with Crippen LogP contribution in [-0.4, -0.2) is 18.1 Å². The average Bonchev–Trinajstić information content (AvgIpc) is 2.26. The highest BCUT2D eigenvalue weighted by molar-refractivity contribution is 6.17. The van der Waals surface area contributed by atoms with Crippen LogP contribution < -0.4 is 4.90 Å². The molecule has 0 N–H and O–H groups in total. The van der Waals surface area contributed by atoms with Gasteiger partial charge in [0.15, 0.2) is 0 Å². The molecule has 102 valence electrons. The summed E-state index contributed by atoms with van der Waals surface area (Å²) in [5.74, 6) is 2.91. The van der Waals surface area contributed by atoms with Gasteiger partial charge in [0.05, 0.1) is 0 Å². The molecule has 1 heterocycles. The van der Waals surface area contributed by atoms with E-state index >= 15 is 0 Å². The van der Waals surface area contributed by atoms with Crippen LogP contribution >= 0.6 is 11.6 Å². The molecule has 0 aliphatic rings.